The van der Waals surface area contributed by atoms with E-state index in [9.17, 15) is 14.4 Å². The number of benzene rings is 4. The number of carbonyl (C=O) groups excluding carboxylic acids is 3. The fraction of sp³-hybridized carbons (Fsp3) is 0. The van der Waals surface area contributed by atoms with E-state index in [1.807, 2.05) is 30.3 Å². The molecule has 0 bridgehead atoms. The molecule has 168 valence electrons. The molecule has 0 spiro atoms. The van der Waals surface area contributed by atoms with Crippen molar-refractivity contribution < 1.29 is 19.1 Å². The van der Waals surface area contributed by atoms with Gasteiger partial charge in [0.05, 0.1) is 11.8 Å². The van der Waals surface area contributed by atoms with E-state index in [2.05, 4.69) is 15.8 Å². The Morgan fingerprint density at radius 3 is 2.26 bits per heavy atom. The van der Waals surface area contributed by atoms with E-state index in [1.54, 1.807) is 60.7 Å². The van der Waals surface area contributed by atoms with Crippen LogP contribution >= 0.6 is 11.6 Å². The minimum Gasteiger partial charge on any atom is -0.422 e. The lowest BCUT2D eigenvalue weighted by Gasteiger charge is -2.10. The summed E-state index contributed by atoms with van der Waals surface area (Å²) in [4.78, 5) is 36.9. The number of fused-ring (bicyclic) bond motifs is 1. The minimum absolute atomic E-state index is 0.241. The highest BCUT2D eigenvalue weighted by atomic mass is 35.5. The van der Waals surface area contributed by atoms with E-state index < -0.39 is 17.8 Å². The second-order valence-corrected chi connectivity index (χ2v) is 7.55. The van der Waals surface area contributed by atoms with Gasteiger partial charge < -0.3 is 10.1 Å². The zero-order valence-electron chi connectivity index (χ0n) is 17.7. The molecule has 2 amide bonds. The summed E-state index contributed by atoms with van der Waals surface area (Å²) in [6.45, 7) is 0. The van der Waals surface area contributed by atoms with Crippen LogP contribution in [0.2, 0.25) is 5.02 Å². The van der Waals surface area contributed by atoms with Crippen molar-refractivity contribution in [1.82, 2.24) is 5.43 Å². The molecule has 0 atom stereocenters. The number of rotatable bonds is 5. The quantitative estimate of drug-likeness (QED) is 0.144. The third-order valence-corrected chi connectivity index (χ3v) is 5.06. The first-order chi connectivity index (χ1) is 16.5. The number of nitrogens with one attached hydrogen (secondary N) is 2. The van der Waals surface area contributed by atoms with E-state index in [1.165, 1.54) is 6.21 Å². The molecule has 0 unspecified atom stereocenters. The van der Waals surface area contributed by atoms with Crippen LogP contribution in [0.3, 0.4) is 0 Å². The lowest BCUT2D eigenvalue weighted by molar-refractivity contribution is -0.136. The molecule has 0 saturated carbocycles. The highest BCUT2D eigenvalue weighted by Crippen LogP contribution is 2.27. The first-order valence-electron chi connectivity index (χ1n) is 10.2. The maximum Gasteiger partial charge on any atom is 0.343 e. The molecule has 0 aliphatic heterocycles. The van der Waals surface area contributed by atoms with Gasteiger partial charge in [0.15, 0.2) is 0 Å². The molecule has 8 heteroatoms. The highest BCUT2D eigenvalue weighted by molar-refractivity contribution is 6.39. The summed E-state index contributed by atoms with van der Waals surface area (Å²) in [5.74, 6) is -2.14. The molecule has 0 saturated heterocycles. The number of hydrogen-bond donors (Lipinski definition) is 2. The van der Waals surface area contributed by atoms with E-state index in [-0.39, 0.29) is 5.75 Å². The summed E-state index contributed by atoms with van der Waals surface area (Å²) in [7, 11) is 0. The van der Waals surface area contributed by atoms with Gasteiger partial charge in [-0.3, -0.25) is 9.59 Å². The van der Waals surface area contributed by atoms with Crippen LogP contribution in [0.4, 0.5) is 5.69 Å². The summed E-state index contributed by atoms with van der Waals surface area (Å²) in [6, 6.07) is 25.8. The monoisotopic (exact) mass is 471 g/mol. The van der Waals surface area contributed by atoms with Crippen LogP contribution in [0, 0.1) is 0 Å². The molecule has 34 heavy (non-hydrogen) atoms. The number of hydrogen-bond acceptors (Lipinski definition) is 5. The van der Waals surface area contributed by atoms with E-state index in [0.29, 0.717) is 21.8 Å². The van der Waals surface area contributed by atoms with Crippen molar-refractivity contribution in [3.8, 4) is 5.75 Å². The number of para-hydroxylation sites is 1. The standard InChI is InChI=1S/C26H18ClN3O4/c27-19-13-10-18(11-14-19)26(33)34-23-15-12-17-6-4-5-9-21(17)22(23)16-28-30-25(32)24(31)29-20-7-2-1-3-8-20/h1-16H,(H,29,31)(H,30,32)/b28-16-. The van der Waals surface area contributed by atoms with Crippen LogP contribution in [-0.2, 0) is 9.59 Å². The molecular weight excluding hydrogens is 454 g/mol. The molecular formula is C26H18ClN3O4. The number of anilines is 1. The Kier molecular flexibility index (Phi) is 6.95. The highest BCUT2D eigenvalue weighted by Gasteiger charge is 2.15. The Morgan fingerprint density at radius 1 is 0.794 bits per heavy atom. The summed E-state index contributed by atoms with van der Waals surface area (Å²) in [5, 5.41) is 8.51. The van der Waals surface area contributed by atoms with E-state index >= 15 is 0 Å². The Bertz CT molecular complexity index is 1390. The van der Waals surface area contributed by atoms with Gasteiger partial charge in [-0.05, 0) is 53.2 Å². The van der Waals surface area contributed by atoms with Crippen molar-refractivity contribution in [1.29, 1.82) is 0 Å². The van der Waals surface area contributed by atoms with Gasteiger partial charge in [0.2, 0.25) is 0 Å². The summed E-state index contributed by atoms with van der Waals surface area (Å²) < 4.78 is 5.60. The fourth-order valence-corrected chi connectivity index (χ4v) is 3.28. The van der Waals surface area contributed by atoms with E-state index in [0.717, 1.165) is 10.8 Å². The smallest absolute Gasteiger partial charge is 0.343 e. The normalized spacial score (nSPS) is 10.7. The molecule has 0 aromatic heterocycles. The van der Waals surface area contributed by atoms with Gasteiger partial charge in [0.1, 0.15) is 5.75 Å². The van der Waals surface area contributed by atoms with Gasteiger partial charge in [-0.25, -0.2) is 10.2 Å². The second-order valence-electron chi connectivity index (χ2n) is 7.11. The Hall–Kier alpha value is -4.49. The van der Waals surface area contributed by atoms with E-state index in [4.69, 9.17) is 16.3 Å². The Balaban J connectivity index is 1.54. The van der Waals surface area contributed by atoms with Gasteiger partial charge in [-0.2, -0.15) is 5.10 Å². The van der Waals surface area contributed by atoms with Gasteiger partial charge in [0.25, 0.3) is 0 Å². The second kappa shape index (κ2) is 10.4. The van der Waals surface area contributed by atoms with Crippen molar-refractivity contribution in [2.24, 2.45) is 5.10 Å². The lowest BCUT2D eigenvalue weighted by atomic mass is 10.0. The number of hydrazone groups is 1. The largest absolute Gasteiger partial charge is 0.422 e. The van der Waals surface area contributed by atoms with Crippen molar-refractivity contribution in [2.45, 2.75) is 0 Å². The lowest BCUT2D eigenvalue weighted by Crippen LogP contribution is -2.32. The predicted octanol–water partition coefficient (Wildman–Crippen LogP) is 4.80. The summed E-state index contributed by atoms with van der Waals surface area (Å²) in [6.07, 6.45) is 1.33. The Morgan fingerprint density at radius 2 is 1.50 bits per heavy atom. The minimum atomic E-state index is -0.944. The van der Waals surface area contributed by atoms with Gasteiger partial charge in [0, 0.05) is 16.3 Å². The number of carbonyl (C=O) groups is 3. The van der Waals surface area contributed by atoms with Crippen LogP contribution in [0.25, 0.3) is 10.8 Å². The van der Waals surface area contributed by atoms with Crippen molar-refractivity contribution in [3.63, 3.8) is 0 Å². The van der Waals surface area contributed by atoms with Crippen LogP contribution in [0.1, 0.15) is 15.9 Å². The van der Waals surface area contributed by atoms with Crippen LogP contribution in [0.15, 0.2) is 96.1 Å². The molecule has 0 aliphatic rings. The zero-order valence-corrected chi connectivity index (χ0v) is 18.5. The van der Waals surface area contributed by atoms with Gasteiger partial charge in [-0.15, -0.1) is 0 Å². The molecule has 4 aromatic carbocycles. The van der Waals surface area contributed by atoms with Crippen LogP contribution in [0.5, 0.6) is 5.75 Å². The average molecular weight is 472 g/mol. The molecule has 7 nitrogen and oxygen atoms in total. The third-order valence-electron chi connectivity index (χ3n) is 4.81. The van der Waals surface area contributed by atoms with Gasteiger partial charge >= 0.3 is 17.8 Å². The topological polar surface area (TPSA) is 96.9 Å². The van der Waals surface area contributed by atoms with Crippen molar-refractivity contribution >= 4 is 52.1 Å². The molecule has 4 aromatic rings. The van der Waals surface area contributed by atoms with Crippen molar-refractivity contribution in [3.05, 3.63) is 107 Å². The number of esters is 1. The molecule has 0 radical (unpaired) electrons. The summed E-state index contributed by atoms with van der Waals surface area (Å²) >= 11 is 5.88. The predicted molar refractivity (Wildman–Crippen MR) is 131 cm³/mol. The zero-order chi connectivity index (χ0) is 23.9. The number of amides is 2. The first kappa shape index (κ1) is 22.7. The molecule has 0 aliphatic carbocycles. The maximum absolute atomic E-state index is 12.6. The third kappa shape index (κ3) is 5.46. The number of ether oxygens (including phenoxy) is 1. The first-order valence-corrected chi connectivity index (χ1v) is 10.6. The van der Waals surface area contributed by atoms with Crippen LogP contribution < -0.4 is 15.5 Å². The fourth-order valence-electron chi connectivity index (χ4n) is 3.16. The molecule has 2 N–H and O–H groups in total. The molecule has 4 rings (SSSR count). The SMILES string of the molecule is O=C(N/N=C\c1c(OC(=O)c2ccc(Cl)cc2)ccc2ccccc12)C(=O)Nc1ccccc1. The van der Waals surface area contributed by atoms with Crippen molar-refractivity contribution in [2.75, 3.05) is 5.32 Å². The number of halogens is 1. The van der Waals surface area contributed by atoms with Crippen LogP contribution in [-0.4, -0.2) is 24.0 Å². The maximum atomic E-state index is 12.6. The molecule has 0 fully saturated rings. The Labute approximate surface area is 200 Å². The summed E-state index contributed by atoms with van der Waals surface area (Å²) in [5.41, 5.74) is 3.47. The average Bonchev–Trinajstić information content (AvgIpc) is 2.86. The molecule has 0 heterocycles. The number of nitrogens with zero attached hydrogens (tertiary/aromatic N) is 1. The van der Waals surface area contributed by atoms with Gasteiger partial charge in [-0.1, -0.05) is 60.1 Å².